The Morgan fingerprint density at radius 2 is 2.00 bits per heavy atom. The van der Waals surface area contributed by atoms with E-state index in [-0.39, 0.29) is 12.1 Å². The Kier molecular flexibility index (Phi) is 6.44. The van der Waals surface area contributed by atoms with Gasteiger partial charge in [-0.15, -0.1) is 0 Å². The second-order valence-electron chi connectivity index (χ2n) is 4.64. The lowest BCUT2D eigenvalue weighted by Crippen LogP contribution is -2.34. The first-order valence-electron chi connectivity index (χ1n) is 6.63. The fourth-order valence-corrected chi connectivity index (χ4v) is 1.66. The minimum Gasteiger partial charge on any atom is -0.462 e. The molecule has 1 aromatic rings. The highest BCUT2D eigenvalue weighted by Crippen LogP contribution is 2.07. The second-order valence-corrected chi connectivity index (χ2v) is 4.64. The Bertz CT molecular complexity index is 351. The largest absolute Gasteiger partial charge is 0.462 e. The number of hydrogen-bond donors (Lipinski definition) is 1. The summed E-state index contributed by atoms with van der Waals surface area (Å²) in [6.07, 6.45) is 3.30. The minimum absolute atomic E-state index is 0.0438. The lowest BCUT2D eigenvalue weighted by Gasteiger charge is -2.15. The first kappa shape index (κ1) is 14.7. The van der Waals surface area contributed by atoms with Gasteiger partial charge < -0.3 is 10.5 Å². The Balaban J connectivity index is 2.24. The molecule has 0 radical (unpaired) electrons. The van der Waals surface area contributed by atoms with Gasteiger partial charge >= 0.3 is 5.97 Å². The normalized spacial score (nSPS) is 13.9. The van der Waals surface area contributed by atoms with Gasteiger partial charge in [0.2, 0.25) is 0 Å². The summed E-state index contributed by atoms with van der Waals surface area (Å²) in [7, 11) is 0. The molecule has 3 heteroatoms. The Morgan fingerprint density at radius 1 is 1.33 bits per heavy atom. The third-order valence-electron chi connectivity index (χ3n) is 3.02. The summed E-state index contributed by atoms with van der Waals surface area (Å²) in [6, 6.07) is 9.71. The van der Waals surface area contributed by atoms with Crippen molar-refractivity contribution in [1.29, 1.82) is 0 Å². The number of carbonyl (C=O) groups excluding carboxylic acids is 1. The highest BCUT2D eigenvalue weighted by atomic mass is 16.5. The van der Waals surface area contributed by atoms with Gasteiger partial charge in [-0.3, -0.25) is 4.79 Å². The van der Waals surface area contributed by atoms with Crippen molar-refractivity contribution in [2.75, 3.05) is 0 Å². The molecular weight excluding hydrogens is 226 g/mol. The van der Waals surface area contributed by atoms with E-state index in [9.17, 15) is 4.79 Å². The lowest BCUT2D eigenvalue weighted by molar-refractivity contribution is -0.150. The summed E-state index contributed by atoms with van der Waals surface area (Å²) >= 11 is 0. The van der Waals surface area contributed by atoms with E-state index in [1.165, 1.54) is 5.56 Å². The van der Waals surface area contributed by atoms with Crippen LogP contribution in [0, 0.1) is 0 Å². The van der Waals surface area contributed by atoms with Crippen molar-refractivity contribution in [1.82, 2.24) is 0 Å². The van der Waals surface area contributed by atoms with E-state index in [0.29, 0.717) is 6.42 Å². The molecule has 0 bridgehead atoms. The zero-order valence-corrected chi connectivity index (χ0v) is 11.3. The van der Waals surface area contributed by atoms with Gasteiger partial charge in [0.05, 0.1) is 6.10 Å². The van der Waals surface area contributed by atoms with Crippen LogP contribution in [0.2, 0.25) is 0 Å². The lowest BCUT2D eigenvalue weighted by atomic mass is 10.1. The van der Waals surface area contributed by atoms with Crippen molar-refractivity contribution in [3.8, 4) is 0 Å². The van der Waals surface area contributed by atoms with Crippen molar-refractivity contribution in [3.63, 3.8) is 0 Å². The molecule has 3 nitrogen and oxygen atoms in total. The Hall–Kier alpha value is -1.35. The predicted molar refractivity (Wildman–Crippen MR) is 73.2 cm³/mol. The molecule has 0 saturated carbocycles. The van der Waals surface area contributed by atoms with Crippen molar-refractivity contribution in [2.24, 2.45) is 5.73 Å². The van der Waals surface area contributed by atoms with Crippen molar-refractivity contribution >= 4 is 5.97 Å². The van der Waals surface area contributed by atoms with E-state index < -0.39 is 6.04 Å². The zero-order valence-electron chi connectivity index (χ0n) is 11.3. The standard InChI is InChI=1S/C15H23NO2/c1-3-12(2)18-15(17)14(16)11-7-10-13-8-5-4-6-9-13/h4-6,8-9,12,14H,3,7,10-11,16H2,1-2H3. The van der Waals surface area contributed by atoms with E-state index >= 15 is 0 Å². The number of benzene rings is 1. The SMILES string of the molecule is CCC(C)OC(=O)C(N)CCCc1ccccc1. The molecule has 0 aliphatic heterocycles. The molecule has 0 amide bonds. The molecule has 0 heterocycles. The zero-order chi connectivity index (χ0) is 13.4. The summed E-state index contributed by atoms with van der Waals surface area (Å²) in [4.78, 5) is 11.6. The first-order chi connectivity index (χ1) is 8.63. The van der Waals surface area contributed by atoms with E-state index in [1.807, 2.05) is 32.0 Å². The highest BCUT2D eigenvalue weighted by Gasteiger charge is 2.16. The van der Waals surface area contributed by atoms with Crippen LogP contribution in [0.5, 0.6) is 0 Å². The third-order valence-corrected chi connectivity index (χ3v) is 3.02. The number of esters is 1. The molecule has 0 aromatic heterocycles. The summed E-state index contributed by atoms with van der Waals surface area (Å²) in [6.45, 7) is 3.87. The maximum atomic E-state index is 11.6. The van der Waals surface area contributed by atoms with E-state index in [0.717, 1.165) is 19.3 Å². The van der Waals surface area contributed by atoms with Gasteiger partial charge in [-0.05, 0) is 38.2 Å². The fraction of sp³-hybridized carbons (Fsp3) is 0.533. The molecule has 0 aliphatic rings. The van der Waals surface area contributed by atoms with Gasteiger partial charge in [-0.1, -0.05) is 37.3 Å². The number of nitrogens with two attached hydrogens (primary N) is 1. The van der Waals surface area contributed by atoms with Crippen LogP contribution in [0.15, 0.2) is 30.3 Å². The van der Waals surface area contributed by atoms with Gasteiger partial charge in [-0.2, -0.15) is 0 Å². The van der Waals surface area contributed by atoms with Crippen molar-refractivity contribution < 1.29 is 9.53 Å². The topological polar surface area (TPSA) is 52.3 Å². The van der Waals surface area contributed by atoms with Gasteiger partial charge in [0.25, 0.3) is 0 Å². The van der Waals surface area contributed by atoms with Gasteiger partial charge in [0, 0.05) is 0 Å². The first-order valence-corrected chi connectivity index (χ1v) is 6.63. The second kappa shape index (κ2) is 7.88. The Morgan fingerprint density at radius 3 is 2.61 bits per heavy atom. The number of hydrogen-bond acceptors (Lipinski definition) is 3. The molecule has 18 heavy (non-hydrogen) atoms. The maximum Gasteiger partial charge on any atom is 0.323 e. The maximum absolute atomic E-state index is 11.6. The van der Waals surface area contributed by atoms with Crippen LogP contribution in [0.4, 0.5) is 0 Å². The minimum atomic E-state index is -0.497. The smallest absolute Gasteiger partial charge is 0.323 e. The molecule has 0 saturated heterocycles. The van der Waals surface area contributed by atoms with E-state index in [2.05, 4.69) is 12.1 Å². The van der Waals surface area contributed by atoms with Gasteiger partial charge in [-0.25, -0.2) is 0 Å². The van der Waals surface area contributed by atoms with Crippen LogP contribution in [0.1, 0.15) is 38.7 Å². The average Bonchev–Trinajstić information content (AvgIpc) is 2.39. The summed E-state index contributed by atoms with van der Waals surface area (Å²) in [5, 5.41) is 0. The quantitative estimate of drug-likeness (QED) is 0.756. The molecule has 2 unspecified atom stereocenters. The fourth-order valence-electron chi connectivity index (χ4n) is 1.66. The van der Waals surface area contributed by atoms with Crippen LogP contribution in [0.3, 0.4) is 0 Å². The highest BCUT2D eigenvalue weighted by molar-refractivity contribution is 5.75. The molecule has 100 valence electrons. The number of ether oxygens (including phenoxy) is 1. The molecule has 0 fully saturated rings. The summed E-state index contributed by atoms with van der Waals surface area (Å²) < 4.78 is 5.20. The van der Waals surface area contributed by atoms with Crippen LogP contribution in [0.25, 0.3) is 0 Å². The van der Waals surface area contributed by atoms with Crippen LogP contribution in [-0.2, 0) is 16.0 Å². The number of aryl methyl sites for hydroxylation is 1. The predicted octanol–water partition coefficient (Wildman–Crippen LogP) is 2.68. The molecule has 1 aromatic carbocycles. The van der Waals surface area contributed by atoms with Crippen LogP contribution >= 0.6 is 0 Å². The van der Waals surface area contributed by atoms with Crippen LogP contribution < -0.4 is 5.73 Å². The number of rotatable bonds is 7. The molecule has 1 rings (SSSR count). The molecule has 2 atom stereocenters. The number of carbonyl (C=O) groups is 1. The third kappa shape index (κ3) is 5.32. The van der Waals surface area contributed by atoms with Crippen LogP contribution in [-0.4, -0.2) is 18.1 Å². The van der Waals surface area contributed by atoms with E-state index in [4.69, 9.17) is 10.5 Å². The summed E-state index contributed by atoms with van der Waals surface area (Å²) in [5.74, 6) is -0.280. The summed E-state index contributed by atoms with van der Waals surface area (Å²) in [5.41, 5.74) is 7.09. The molecule has 0 spiro atoms. The van der Waals surface area contributed by atoms with Crippen molar-refractivity contribution in [3.05, 3.63) is 35.9 Å². The van der Waals surface area contributed by atoms with Gasteiger partial charge in [0.15, 0.2) is 0 Å². The Labute approximate surface area is 109 Å². The average molecular weight is 249 g/mol. The molecule has 0 aliphatic carbocycles. The monoisotopic (exact) mass is 249 g/mol. The molecule has 2 N–H and O–H groups in total. The molecular formula is C15H23NO2. The van der Waals surface area contributed by atoms with Gasteiger partial charge in [0.1, 0.15) is 6.04 Å². The van der Waals surface area contributed by atoms with Crippen molar-refractivity contribution in [2.45, 2.75) is 51.7 Å². The van der Waals surface area contributed by atoms with E-state index in [1.54, 1.807) is 0 Å².